The lowest BCUT2D eigenvalue weighted by atomic mass is 9.82. The molecule has 2 atom stereocenters. The molecule has 27 heavy (non-hydrogen) atoms. The number of aliphatic hydroxyl groups is 1. The lowest BCUT2D eigenvalue weighted by Gasteiger charge is -2.34. The van der Waals surface area contributed by atoms with Crippen LogP contribution in [-0.2, 0) is 7.05 Å². The van der Waals surface area contributed by atoms with Crippen LogP contribution in [0.3, 0.4) is 0 Å². The van der Waals surface area contributed by atoms with Crippen LogP contribution in [0.4, 0.5) is 0 Å². The van der Waals surface area contributed by atoms with Crippen molar-refractivity contribution in [1.82, 2.24) is 9.88 Å². The van der Waals surface area contributed by atoms with E-state index in [2.05, 4.69) is 26.1 Å². The Morgan fingerprint density at radius 1 is 1.07 bits per heavy atom. The van der Waals surface area contributed by atoms with Crippen LogP contribution in [0.1, 0.15) is 61.4 Å². The minimum absolute atomic E-state index is 0.0533. The molecular weight excluding hydrogens is 336 g/mol. The predicted molar refractivity (Wildman–Crippen MR) is 110 cm³/mol. The first kappa shape index (κ1) is 19.3. The van der Waals surface area contributed by atoms with Gasteiger partial charge in [0.1, 0.15) is 6.23 Å². The third-order valence-corrected chi connectivity index (χ3v) is 5.06. The number of hydrogen-bond acceptors (Lipinski definition) is 3. The number of rotatable bonds is 5. The summed E-state index contributed by atoms with van der Waals surface area (Å²) in [6.45, 7) is 7.98. The normalized spacial score (nSPS) is 14.3. The summed E-state index contributed by atoms with van der Waals surface area (Å²) in [6, 6.07) is 15.6. The van der Waals surface area contributed by atoms with Crippen molar-refractivity contribution in [3.05, 3.63) is 71.4 Å². The Balaban J connectivity index is 1.93. The van der Waals surface area contributed by atoms with Crippen LogP contribution < -0.4 is 5.32 Å². The van der Waals surface area contributed by atoms with Crippen molar-refractivity contribution < 1.29 is 9.90 Å². The minimum atomic E-state index is -0.798. The number of hydrogen-bond donors (Lipinski definition) is 2. The third-order valence-electron chi connectivity index (χ3n) is 5.06. The maximum atomic E-state index is 11.6. The smallest absolute Gasteiger partial charge is 0.159 e. The Labute approximate surface area is 160 Å². The molecule has 0 amide bonds. The van der Waals surface area contributed by atoms with Crippen molar-refractivity contribution in [3.63, 3.8) is 0 Å². The summed E-state index contributed by atoms with van der Waals surface area (Å²) in [6.07, 6.45) is 1.17. The number of aromatic nitrogens is 1. The van der Waals surface area contributed by atoms with Gasteiger partial charge in [0.2, 0.25) is 0 Å². The van der Waals surface area contributed by atoms with E-state index in [9.17, 15) is 9.90 Å². The van der Waals surface area contributed by atoms with Crippen molar-refractivity contribution in [3.8, 4) is 0 Å². The molecule has 3 rings (SSSR count). The number of benzene rings is 2. The summed E-state index contributed by atoms with van der Waals surface area (Å²) >= 11 is 0. The Bertz CT molecular complexity index is 949. The number of aryl methyl sites for hydroxylation is 1. The van der Waals surface area contributed by atoms with Gasteiger partial charge in [0.05, 0.1) is 0 Å². The molecule has 0 saturated carbocycles. The number of carbonyl (C=O) groups is 1. The predicted octanol–water partition coefficient (Wildman–Crippen LogP) is 4.75. The molecule has 1 heterocycles. The molecule has 1 aromatic heterocycles. The van der Waals surface area contributed by atoms with E-state index < -0.39 is 6.23 Å². The molecule has 0 bridgehead atoms. The Morgan fingerprint density at radius 3 is 2.30 bits per heavy atom. The molecule has 0 aliphatic heterocycles. The first-order valence-electron chi connectivity index (χ1n) is 9.27. The van der Waals surface area contributed by atoms with E-state index in [0.717, 1.165) is 22.0 Å². The van der Waals surface area contributed by atoms with Gasteiger partial charge in [-0.25, -0.2) is 0 Å². The zero-order valence-electron chi connectivity index (χ0n) is 16.7. The second kappa shape index (κ2) is 7.29. The van der Waals surface area contributed by atoms with Crippen LogP contribution in [-0.4, -0.2) is 15.5 Å². The van der Waals surface area contributed by atoms with Gasteiger partial charge in [-0.2, -0.15) is 0 Å². The molecule has 2 unspecified atom stereocenters. The molecule has 2 aromatic carbocycles. The van der Waals surface area contributed by atoms with Crippen LogP contribution >= 0.6 is 0 Å². The highest BCUT2D eigenvalue weighted by atomic mass is 16.3. The second-order valence-electron chi connectivity index (χ2n) is 8.26. The van der Waals surface area contributed by atoms with Crippen molar-refractivity contribution in [2.75, 3.05) is 0 Å². The average molecular weight is 364 g/mol. The number of ketones is 1. The summed E-state index contributed by atoms with van der Waals surface area (Å²) in [5.41, 5.74) is 3.57. The van der Waals surface area contributed by atoms with Gasteiger partial charge in [-0.05, 0) is 24.0 Å². The standard InChI is InChI=1S/C23H28N2O2/c1-15(26)16-10-12-17(13-11-16)21(23(2,3)4)24-22(27)19-14-25(5)20-9-7-6-8-18(19)20/h6-14,21-22,24,27H,1-5H3. The van der Waals surface area contributed by atoms with Gasteiger partial charge in [-0.1, -0.05) is 63.2 Å². The topological polar surface area (TPSA) is 54.3 Å². The molecule has 0 aliphatic rings. The molecule has 4 nitrogen and oxygen atoms in total. The van der Waals surface area contributed by atoms with Gasteiger partial charge < -0.3 is 9.67 Å². The molecule has 3 aromatic rings. The van der Waals surface area contributed by atoms with Gasteiger partial charge in [0, 0.05) is 41.3 Å². The Kier molecular flexibility index (Phi) is 5.22. The first-order chi connectivity index (χ1) is 12.7. The highest BCUT2D eigenvalue weighted by molar-refractivity contribution is 5.94. The van der Waals surface area contributed by atoms with Crippen LogP contribution in [0, 0.1) is 5.41 Å². The molecule has 0 spiro atoms. The molecule has 0 saturated heterocycles. The Morgan fingerprint density at radius 2 is 1.70 bits per heavy atom. The number of Topliss-reactive ketones (excluding diaryl/α,β-unsaturated/α-hetero) is 1. The van der Waals surface area contributed by atoms with Crippen LogP contribution in [0.5, 0.6) is 0 Å². The van der Waals surface area contributed by atoms with Gasteiger partial charge in [-0.15, -0.1) is 0 Å². The number of fused-ring (bicyclic) bond motifs is 1. The fraction of sp³-hybridized carbons (Fsp3) is 0.348. The van der Waals surface area contributed by atoms with Gasteiger partial charge in [0.15, 0.2) is 5.78 Å². The fourth-order valence-corrected chi connectivity index (χ4v) is 3.60. The number of para-hydroxylation sites is 1. The van der Waals surface area contributed by atoms with Gasteiger partial charge >= 0.3 is 0 Å². The van der Waals surface area contributed by atoms with Crippen molar-refractivity contribution in [1.29, 1.82) is 0 Å². The highest BCUT2D eigenvalue weighted by Crippen LogP contribution is 2.36. The van der Waals surface area contributed by atoms with E-state index in [-0.39, 0.29) is 17.2 Å². The molecule has 0 fully saturated rings. The highest BCUT2D eigenvalue weighted by Gasteiger charge is 2.29. The number of nitrogens with zero attached hydrogens (tertiary/aromatic N) is 1. The lowest BCUT2D eigenvalue weighted by molar-refractivity contribution is 0.0946. The van der Waals surface area contributed by atoms with Crippen LogP contribution in [0.25, 0.3) is 10.9 Å². The van der Waals surface area contributed by atoms with Crippen LogP contribution in [0.2, 0.25) is 0 Å². The summed E-state index contributed by atoms with van der Waals surface area (Å²) in [5, 5.41) is 15.4. The monoisotopic (exact) mass is 364 g/mol. The van der Waals surface area contributed by atoms with E-state index >= 15 is 0 Å². The van der Waals surface area contributed by atoms with E-state index in [1.54, 1.807) is 6.92 Å². The number of carbonyl (C=O) groups excluding carboxylic acids is 1. The molecule has 0 radical (unpaired) electrons. The number of nitrogens with one attached hydrogen (secondary N) is 1. The largest absolute Gasteiger partial charge is 0.374 e. The van der Waals surface area contributed by atoms with E-state index in [4.69, 9.17) is 0 Å². The van der Waals surface area contributed by atoms with Crippen molar-refractivity contribution in [2.45, 2.75) is 40.0 Å². The zero-order chi connectivity index (χ0) is 19.8. The van der Waals surface area contributed by atoms with Crippen molar-refractivity contribution in [2.24, 2.45) is 12.5 Å². The molecular formula is C23H28N2O2. The summed E-state index contributed by atoms with van der Waals surface area (Å²) in [7, 11) is 1.99. The van der Waals surface area contributed by atoms with E-state index in [1.807, 2.05) is 66.3 Å². The molecule has 4 heteroatoms. The van der Waals surface area contributed by atoms with Crippen molar-refractivity contribution >= 4 is 16.7 Å². The summed E-state index contributed by atoms with van der Waals surface area (Å²) in [5.74, 6) is 0.0533. The molecule has 2 N–H and O–H groups in total. The molecule has 142 valence electrons. The molecule has 0 aliphatic carbocycles. The maximum Gasteiger partial charge on any atom is 0.159 e. The SMILES string of the molecule is CC(=O)c1ccc(C(NC(O)c2cn(C)c3ccccc23)C(C)(C)C)cc1. The third kappa shape index (κ3) is 3.97. The van der Waals surface area contributed by atoms with E-state index in [0.29, 0.717) is 5.56 Å². The quantitative estimate of drug-likeness (QED) is 0.507. The second-order valence-corrected chi connectivity index (χ2v) is 8.26. The van der Waals surface area contributed by atoms with Crippen LogP contribution in [0.15, 0.2) is 54.7 Å². The summed E-state index contributed by atoms with van der Waals surface area (Å²) in [4.78, 5) is 11.6. The Hall–Kier alpha value is -2.43. The van der Waals surface area contributed by atoms with Gasteiger partial charge in [0.25, 0.3) is 0 Å². The minimum Gasteiger partial charge on any atom is -0.374 e. The number of aliphatic hydroxyl groups excluding tert-OH is 1. The first-order valence-corrected chi connectivity index (χ1v) is 9.27. The lowest BCUT2D eigenvalue weighted by Crippen LogP contribution is -2.35. The van der Waals surface area contributed by atoms with Gasteiger partial charge in [-0.3, -0.25) is 10.1 Å². The maximum absolute atomic E-state index is 11.6. The zero-order valence-corrected chi connectivity index (χ0v) is 16.7. The van der Waals surface area contributed by atoms with E-state index in [1.165, 1.54) is 0 Å². The summed E-state index contributed by atoms with van der Waals surface area (Å²) < 4.78 is 2.03. The average Bonchev–Trinajstić information content (AvgIpc) is 2.96. The fourth-order valence-electron chi connectivity index (χ4n) is 3.60.